The van der Waals surface area contributed by atoms with Crippen LogP contribution in [0.2, 0.25) is 5.02 Å². The number of hydrogen-bond donors (Lipinski definition) is 1. The number of anilines is 1. The second kappa shape index (κ2) is 9.19. The van der Waals surface area contributed by atoms with Crippen LogP contribution in [0.25, 0.3) is 10.9 Å². The molecule has 1 N–H and O–H groups in total. The van der Waals surface area contributed by atoms with Gasteiger partial charge in [0.05, 0.1) is 16.7 Å². The minimum absolute atomic E-state index is 0.0703. The van der Waals surface area contributed by atoms with Gasteiger partial charge < -0.3 is 4.74 Å². The molecular weight excluding hydrogens is 418 g/mol. The number of nitro benzene ring substituents is 1. The molecule has 0 fully saturated rings. The number of nitro groups is 1. The predicted molar refractivity (Wildman–Crippen MR) is 120 cm³/mol. The van der Waals surface area contributed by atoms with Gasteiger partial charge in [0.15, 0.2) is 5.82 Å². The number of hydrazone groups is 1. The summed E-state index contributed by atoms with van der Waals surface area (Å²) in [6.45, 7) is 0.211. The highest BCUT2D eigenvalue weighted by atomic mass is 35.5. The molecule has 0 aliphatic heterocycles. The molecule has 3 aromatic carbocycles. The van der Waals surface area contributed by atoms with Gasteiger partial charge in [-0.15, -0.1) is 0 Å². The zero-order valence-electron chi connectivity index (χ0n) is 16.1. The minimum Gasteiger partial charge on any atom is -0.488 e. The SMILES string of the molecule is O=[N+]([O-])c1ccc(OCc2ccccc2Cl)c(/C=N\Nc2ncnc3ccccc23)c1. The summed E-state index contributed by atoms with van der Waals surface area (Å²) in [7, 11) is 0. The number of nitrogens with zero attached hydrogens (tertiary/aromatic N) is 4. The maximum atomic E-state index is 11.2. The molecule has 9 heteroatoms. The molecule has 0 radical (unpaired) electrons. The monoisotopic (exact) mass is 433 g/mol. The molecule has 0 bridgehead atoms. The van der Waals surface area contributed by atoms with Gasteiger partial charge in [-0.25, -0.2) is 9.97 Å². The summed E-state index contributed by atoms with van der Waals surface area (Å²) in [6, 6.07) is 19.1. The van der Waals surface area contributed by atoms with E-state index in [4.69, 9.17) is 16.3 Å². The Morgan fingerprint density at radius 1 is 1.10 bits per heavy atom. The van der Waals surface area contributed by atoms with Gasteiger partial charge in [-0.05, 0) is 24.3 Å². The quantitative estimate of drug-likeness (QED) is 0.243. The molecule has 8 nitrogen and oxygen atoms in total. The molecule has 0 aliphatic carbocycles. The van der Waals surface area contributed by atoms with Crippen molar-refractivity contribution in [3.05, 3.63) is 99.3 Å². The van der Waals surface area contributed by atoms with Crippen LogP contribution in [0.3, 0.4) is 0 Å². The number of nitrogens with one attached hydrogen (secondary N) is 1. The highest BCUT2D eigenvalue weighted by Gasteiger charge is 2.12. The Morgan fingerprint density at radius 3 is 2.74 bits per heavy atom. The minimum atomic E-state index is -0.472. The Morgan fingerprint density at radius 2 is 1.90 bits per heavy atom. The molecule has 0 spiro atoms. The lowest BCUT2D eigenvalue weighted by Gasteiger charge is -2.10. The van der Waals surface area contributed by atoms with Gasteiger partial charge in [0.2, 0.25) is 0 Å². The summed E-state index contributed by atoms with van der Waals surface area (Å²) < 4.78 is 5.86. The van der Waals surface area contributed by atoms with E-state index in [-0.39, 0.29) is 12.3 Å². The van der Waals surface area contributed by atoms with Crippen molar-refractivity contribution in [2.45, 2.75) is 6.61 Å². The van der Waals surface area contributed by atoms with Crippen LogP contribution in [0.5, 0.6) is 5.75 Å². The smallest absolute Gasteiger partial charge is 0.270 e. The maximum Gasteiger partial charge on any atom is 0.270 e. The second-order valence-corrected chi connectivity index (χ2v) is 6.88. The van der Waals surface area contributed by atoms with Gasteiger partial charge in [-0.2, -0.15) is 5.10 Å². The lowest BCUT2D eigenvalue weighted by atomic mass is 10.2. The highest BCUT2D eigenvalue weighted by molar-refractivity contribution is 6.31. The fourth-order valence-electron chi connectivity index (χ4n) is 2.91. The van der Waals surface area contributed by atoms with Crippen LogP contribution in [0.15, 0.2) is 78.2 Å². The Bertz CT molecular complexity index is 1270. The molecule has 0 aliphatic rings. The molecule has 1 heterocycles. The molecule has 0 saturated heterocycles. The Labute approximate surface area is 182 Å². The van der Waals surface area contributed by atoms with E-state index in [1.807, 2.05) is 42.5 Å². The fraction of sp³-hybridized carbons (Fsp3) is 0.0455. The van der Waals surface area contributed by atoms with Crippen molar-refractivity contribution < 1.29 is 9.66 Å². The number of aromatic nitrogens is 2. The first kappa shape index (κ1) is 20.2. The summed E-state index contributed by atoms with van der Waals surface area (Å²) in [5.41, 5.74) is 4.81. The molecule has 0 amide bonds. The maximum absolute atomic E-state index is 11.2. The van der Waals surface area contributed by atoms with E-state index >= 15 is 0 Å². The Balaban J connectivity index is 1.58. The number of fused-ring (bicyclic) bond motifs is 1. The molecule has 0 atom stereocenters. The van der Waals surface area contributed by atoms with Crippen molar-refractivity contribution in [3.8, 4) is 5.75 Å². The molecule has 4 rings (SSSR count). The van der Waals surface area contributed by atoms with Crippen LogP contribution < -0.4 is 10.2 Å². The number of halogens is 1. The van der Waals surface area contributed by atoms with E-state index in [0.29, 0.717) is 22.2 Å². The van der Waals surface area contributed by atoms with E-state index in [1.54, 1.807) is 6.07 Å². The average molecular weight is 434 g/mol. The molecule has 0 unspecified atom stereocenters. The molecule has 4 aromatic rings. The Kier molecular flexibility index (Phi) is 6.00. The number of ether oxygens (including phenoxy) is 1. The first-order valence-electron chi connectivity index (χ1n) is 9.25. The second-order valence-electron chi connectivity index (χ2n) is 6.47. The molecular formula is C22H16ClN5O3. The van der Waals surface area contributed by atoms with Gasteiger partial charge >= 0.3 is 0 Å². The van der Waals surface area contributed by atoms with E-state index in [2.05, 4.69) is 20.5 Å². The van der Waals surface area contributed by atoms with Crippen LogP contribution in [0, 0.1) is 10.1 Å². The van der Waals surface area contributed by atoms with Gasteiger partial charge in [0.25, 0.3) is 5.69 Å². The normalized spacial score (nSPS) is 11.0. The van der Waals surface area contributed by atoms with Gasteiger partial charge in [-0.3, -0.25) is 15.5 Å². The molecule has 154 valence electrons. The number of non-ortho nitro benzene ring substituents is 1. The topological polar surface area (TPSA) is 103 Å². The third-order valence-electron chi connectivity index (χ3n) is 4.46. The van der Waals surface area contributed by atoms with Crippen LogP contribution >= 0.6 is 11.6 Å². The standard InChI is InChI=1S/C22H16ClN5O3/c23-19-7-3-1-5-15(19)13-31-21-10-9-17(28(29)30)11-16(21)12-26-27-22-18-6-2-4-8-20(18)24-14-25-22/h1-12,14H,13H2,(H,24,25,27)/b26-12-. The van der Waals surface area contributed by atoms with E-state index < -0.39 is 4.92 Å². The van der Waals surface area contributed by atoms with Crippen LogP contribution in [0.4, 0.5) is 11.5 Å². The largest absolute Gasteiger partial charge is 0.488 e. The van der Waals surface area contributed by atoms with Crippen LogP contribution in [-0.4, -0.2) is 21.1 Å². The third-order valence-corrected chi connectivity index (χ3v) is 4.83. The zero-order valence-corrected chi connectivity index (χ0v) is 16.9. The lowest BCUT2D eigenvalue weighted by Crippen LogP contribution is -2.01. The number of hydrogen-bond acceptors (Lipinski definition) is 7. The number of para-hydroxylation sites is 1. The van der Waals surface area contributed by atoms with Crippen molar-refractivity contribution in [1.82, 2.24) is 9.97 Å². The summed E-state index contributed by atoms with van der Waals surface area (Å²) in [5.74, 6) is 0.953. The van der Waals surface area contributed by atoms with E-state index in [9.17, 15) is 10.1 Å². The summed E-state index contributed by atoms with van der Waals surface area (Å²) in [4.78, 5) is 19.1. The van der Waals surface area contributed by atoms with Crippen molar-refractivity contribution >= 4 is 40.2 Å². The van der Waals surface area contributed by atoms with Gasteiger partial charge in [0, 0.05) is 33.7 Å². The van der Waals surface area contributed by atoms with Gasteiger partial charge in [-0.1, -0.05) is 41.9 Å². The van der Waals surface area contributed by atoms with E-state index in [1.165, 1.54) is 30.7 Å². The average Bonchev–Trinajstić information content (AvgIpc) is 2.79. The summed E-state index contributed by atoms with van der Waals surface area (Å²) in [6.07, 6.45) is 2.89. The van der Waals surface area contributed by atoms with Crippen molar-refractivity contribution in [2.75, 3.05) is 5.43 Å². The van der Waals surface area contributed by atoms with Crippen molar-refractivity contribution in [3.63, 3.8) is 0 Å². The number of benzene rings is 3. The fourth-order valence-corrected chi connectivity index (χ4v) is 3.10. The lowest BCUT2D eigenvalue weighted by molar-refractivity contribution is -0.384. The summed E-state index contributed by atoms with van der Waals surface area (Å²) >= 11 is 6.18. The summed E-state index contributed by atoms with van der Waals surface area (Å²) in [5, 5.41) is 16.8. The van der Waals surface area contributed by atoms with E-state index in [0.717, 1.165) is 16.5 Å². The van der Waals surface area contributed by atoms with Gasteiger partial charge in [0.1, 0.15) is 18.7 Å². The molecule has 1 aromatic heterocycles. The van der Waals surface area contributed by atoms with Crippen molar-refractivity contribution in [2.24, 2.45) is 5.10 Å². The highest BCUT2D eigenvalue weighted by Crippen LogP contribution is 2.25. The van der Waals surface area contributed by atoms with Crippen LogP contribution in [0.1, 0.15) is 11.1 Å². The molecule has 0 saturated carbocycles. The Hall–Kier alpha value is -4.04. The first-order chi connectivity index (χ1) is 15.1. The van der Waals surface area contributed by atoms with Crippen molar-refractivity contribution in [1.29, 1.82) is 0 Å². The molecule has 31 heavy (non-hydrogen) atoms. The number of rotatable bonds is 7. The zero-order chi connectivity index (χ0) is 21.6. The third kappa shape index (κ3) is 4.76. The predicted octanol–water partition coefficient (Wildman–Crippen LogP) is 5.22. The first-order valence-corrected chi connectivity index (χ1v) is 9.63. The van der Waals surface area contributed by atoms with Crippen LogP contribution in [-0.2, 0) is 6.61 Å².